The van der Waals surface area contributed by atoms with Gasteiger partial charge in [-0.05, 0) is 67.1 Å². The first-order valence-electron chi connectivity index (χ1n) is 8.17. The van der Waals surface area contributed by atoms with Gasteiger partial charge in [0.2, 0.25) is 0 Å². The lowest BCUT2D eigenvalue weighted by atomic mass is 10.1. The predicted octanol–water partition coefficient (Wildman–Crippen LogP) is 5.29. The molecule has 0 spiro atoms. The van der Waals surface area contributed by atoms with E-state index in [4.69, 9.17) is 11.6 Å². The van der Waals surface area contributed by atoms with Crippen molar-refractivity contribution in [2.24, 2.45) is 0 Å². The van der Waals surface area contributed by atoms with Crippen molar-refractivity contribution in [3.05, 3.63) is 94.3 Å². The Morgan fingerprint density at radius 1 is 0.815 bits per heavy atom. The lowest BCUT2D eigenvalue weighted by molar-refractivity contribution is 0.101. The third-order valence-corrected chi connectivity index (χ3v) is 4.20. The Morgan fingerprint density at radius 2 is 1.37 bits per heavy atom. The molecule has 2 amide bonds. The summed E-state index contributed by atoms with van der Waals surface area (Å²) < 4.78 is 13.6. The highest BCUT2D eigenvalue weighted by Crippen LogP contribution is 2.20. The average molecular weight is 383 g/mol. The van der Waals surface area contributed by atoms with Gasteiger partial charge < -0.3 is 10.6 Å². The SMILES string of the molecule is Cc1cc(Cl)ccc1NC(=O)c1ccc(C(=O)Nc2ccccc2F)cc1. The fourth-order valence-electron chi connectivity index (χ4n) is 2.49. The van der Waals surface area contributed by atoms with Crippen LogP contribution in [0.25, 0.3) is 0 Å². The van der Waals surface area contributed by atoms with Gasteiger partial charge in [-0.15, -0.1) is 0 Å². The Balaban J connectivity index is 1.70. The Labute approximate surface area is 161 Å². The van der Waals surface area contributed by atoms with E-state index in [1.165, 1.54) is 36.4 Å². The lowest BCUT2D eigenvalue weighted by Crippen LogP contribution is -2.15. The van der Waals surface area contributed by atoms with Crippen molar-refractivity contribution >= 4 is 34.8 Å². The Morgan fingerprint density at radius 3 is 1.93 bits per heavy atom. The summed E-state index contributed by atoms with van der Waals surface area (Å²) in [6, 6.07) is 17.2. The summed E-state index contributed by atoms with van der Waals surface area (Å²) >= 11 is 5.91. The Kier molecular flexibility index (Phi) is 5.52. The molecule has 0 atom stereocenters. The number of para-hydroxylation sites is 1. The average Bonchev–Trinajstić information content (AvgIpc) is 2.66. The van der Waals surface area contributed by atoms with Crippen molar-refractivity contribution in [2.45, 2.75) is 6.92 Å². The smallest absolute Gasteiger partial charge is 0.255 e. The third kappa shape index (κ3) is 4.51. The van der Waals surface area contributed by atoms with E-state index in [0.717, 1.165) is 5.56 Å². The third-order valence-electron chi connectivity index (χ3n) is 3.97. The van der Waals surface area contributed by atoms with Crippen LogP contribution in [-0.4, -0.2) is 11.8 Å². The minimum atomic E-state index is -0.514. The normalized spacial score (nSPS) is 10.3. The van der Waals surface area contributed by atoms with E-state index in [-0.39, 0.29) is 11.6 Å². The molecule has 0 aliphatic heterocycles. The van der Waals surface area contributed by atoms with Gasteiger partial charge in [-0.2, -0.15) is 0 Å². The van der Waals surface area contributed by atoms with Crippen LogP contribution in [0.1, 0.15) is 26.3 Å². The maximum atomic E-state index is 13.6. The minimum absolute atomic E-state index is 0.0996. The number of carbonyl (C=O) groups excluding carboxylic acids is 2. The zero-order valence-electron chi connectivity index (χ0n) is 14.4. The van der Waals surface area contributed by atoms with Crippen LogP contribution in [-0.2, 0) is 0 Å². The molecular formula is C21H16ClFN2O2. The molecule has 0 unspecified atom stereocenters. The second-order valence-corrected chi connectivity index (χ2v) is 6.36. The van der Waals surface area contributed by atoms with E-state index in [1.807, 2.05) is 6.92 Å². The molecule has 3 aromatic carbocycles. The maximum absolute atomic E-state index is 13.6. The number of aryl methyl sites for hydroxylation is 1. The highest BCUT2D eigenvalue weighted by molar-refractivity contribution is 6.30. The van der Waals surface area contributed by atoms with Gasteiger partial charge in [0.25, 0.3) is 11.8 Å². The number of rotatable bonds is 4. The van der Waals surface area contributed by atoms with Gasteiger partial charge in [0.1, 0.15) is 5.82 Å². The molecule has 3 aromatic rings. The van der Waals surface area contributed by atoms with E-state index >= 15 is 0 Å². The topological polar surface area (TPSA) is 58.2 Å². The van der Waals surface area contributed by atoms with E-state index in [1.54, 1.807) is 30.3 Å². The summed E-state index contributed by atoms with van der Waals surface area (Å²) in [7, 11) is 0. The second-order valence-electron chi connectivity index (χ2n) is 5.92. The number of hydrogen-bond acceptors (Lipinski definition) is 2. The second kappa shape index (κ2) is 8.01. The maximum Gasteiger partial charge on any atom is 0.255 e. The first-order chi connectivity index (χ1) is 12.9. The zero-order chi connectivity index (χ0) is 19.4. The Hall–Kier alpha value is -3.18. The predicted molar refractivity (Wildman–Crippen MR) is 105 cm³/mol. The molecular weight excluding hydrogens is 367 g/mol. The van der Waals surface area contributed by atoms with Crippen LogP contribution in [0.5, 0.6) is 0 Å². The molecule has 0 aliphatic carbocycles. The molecule has 4 nitrogen and oxygen atoms in total. The zero-order valence-corrected chi connectivity index (χ0v) is 15.2. The molecule has 0 aromatic heterocycles. The van der Waals surface area contributed by atoms with E-state index in [2.05, 4.69) is 10.6 Å². The molecule has 136 valence electrons. The molecule has 0 saturated carbocycles. The van der Waals surface area contributed by atoms with E-state index in [9.17, 15) is 14.0 Å². The molecule has 0 fully saturated rings. The van der Waals surface area contributed by atoms with Crippen LogP contribution >= 0.6 is 11.6 Å². The Bertz CT molecular complexity index is 1000. The van der Waals surface area contributed by atoms with Gasteiger partial charge >= 0.3 is 0 Å². The van der Waals surface area contributed by atoms with Crippen LogP contribution in [0.2, 0.25) is 5.02 Å². The van der Waals surface area contributed by atoms with Crippen molar-refractivity contribution in [3.63, 3.8) is 0 Å². The fraction of sp³-hybridized carbons (Fsp3) is 0.0476. The molecule has 0 aliphatic rings. The summed E-state index contributed by atoms with van der Waals surface area (Å²) in [6.45, 7) is 1.84. The van der Waals surface area contributed by atoms with Crippen molar-refractivity contribution in [1.82, 2.24) is 0 Å². The van der Waals surface area contributed by atoms with E-state index in [0.29, 0.717) is 21.8 Å². The largest absolute Gasteiger partial charge is 0.322 e. The number of carbonyl (C=O) groups is 2. The first kappa shape index (κ1) is 18.6. The number of halogens is 2. The minimum Gasteiger partial charge on any atom is -0.322 e. The monoisotopic (exact) mass is 382 g/mol. The van der Waals surface area contributed by atoms with Crippen LogP contribution in [0.15, 0.2) is 66.7 Å². The van der Waals surface area contributed by atoms with Crippen LogP contribution in [0, 0.1) is 12.7 Å². The molecule has 3 rings (SSSR count). The quantitative estimate of drug-likeness (QED) is 0.644. The van der Waals surface area contributed by atoms with E-state index < -0.39 is 11.7 Å². The van der Waals surface area contributed by atoms with Crippen LogP contribution in [0.3, 0.4) is 0 Å². The molecule has 2 N–H and O–H groups in total. The molecule has 6 heteroatoms. The van der Waals surface area contributed by atoms with Crippen molar-refractivity contribution in [1.29, 1.82) is 0 Å². The summed E-state index contributed by atoms with van der Waals surface area (Å²) in [4.78, 5) is 24.6. The first-order valence-corrected chi connectivity index (χ1v) is 8.55. The van der Waals surface area contributed by atoms with Gasteiger partial charge in [0.05, 0.1) is 5.69 Å². The lowest BCUT2D eigenvalue weighted by Gasteiger charge is -2.10. The number of anilines is 2. The van der Waals surface area contributed by atoms with Gasteiger partial charge in [0, 0.05) is 21.8 Å². The molecule has 0 radical (unpaired) electrons. The number of amides is 2. The summed E-state index contributed by atoms with van der Waals surface area (Å²) in [6.07, 6.45) is 0. The molecule has 27 heavy (non-hydrogen) atoms. The van der Waals surface area contributed by atoms with Crippen molar-refractivity contribution in [3.8, 4) is 0 Å². The number of nitrogens with one attached hydrogen (secondary N) is 2. The van der Waals surface area contributed by atoms with Gasteiger partial charge in [0.15, 0.2) is 0 Å². The van der Waals surface area contributed by atoms with Gasteiger partial charge in [-0.25, -0.2) is 4.39 Å². The fourth-order valence-corrected chi connectivity index (χ4v) is 2.72. The van der Waals surface area contributed by atoms with Gasteiger partial charge in [-0.1, -0.05) is 23.7 Å². The summed E-state index contributed by atoms with van der Waals surface area (Å²) in [5.74, 6) is -1.28. The van der Waals surface area contributed by atoms with Crippen LogP contribution < -0.4 is 10.6 Å². The highest BCUT2D eigenvalue weighted by Gasteiger charge is 2.12. The van der Waals surface area contributed by atoms with Gasteiger partial charge in [-0.3, -0.25) is 9.59 Å². The van der Waals surface area contributed by atoms with Crippen molar-refractivity contribution in [2.75, 3.05) is 10.6 Å². The van der Waals surface area contributed by atoms with Crippen LogP contribution in [0.4, 0.5) is 15.8 Å². The molecule has 0 heterocycles. The highest BCUT2D eigenvalue weighted by atomic mass is 35.5. The number of hydrogen-bond donors (Lipinski definition) is 2. The summed E-state index contributed by atoms with van der Waals surface area (Å²) in [5, 5.41) is 5.90. The molecule has 0 saturated heterocycles. The number of benzene rings is 3. The standard InChI is InChI=1S/C21H16ClFN2O2/c1-13-12-16(22)10-11-18(13)24-20(26)14-6-8-15(9-7-14)21(27)25-19-5-3-2-4-17(19)23/h2-12H,1H3,(H,24,26)(H,25,27). The van der Waals surface area contributed by atoms with Crippen molar-refractivity contribution < 1.29 is 14.0 Å². The summed E-state index contributed by atoms with van der Waals surface area (Å²) in [5.41, 5.74) is 2.31. The molecule has 0 bridgehead atoms.